The highest BCUT2D eigenvalue weighted by Crippen LogP contribution is 1.92. The molecule has 0 aromatic carbocycles. The fraction of sp³-hybridized carbons (Fsp3) is 0.667. The van der Waals surface area contributed by atoms with Gasteiger partial charge in [0, 0.05) is 6.42 Å². The Bertz CT molecular complexity index is 133. The summed E-state index contributed by atoms with van der Waals surface area (Å²) in [4.78, 5) is 20.8. The Morgan fingerprint density at radius 3 is 2.40 bits per heavy atom. The third-order valence-corrected chi connectivity index (χ3v) is 0.926. The molecular weight excluding hydrogens is 134 g/mol. The molecule has 2 N–H and O–H groups in total. The quantitative estimate of drug-likeness (QED) is 0.440. The second kappa shape index (κ2) is 4.93. The van der Waals surface area contributed by atoms with E-state index in [0.29, 0.717) is 0 Å². The number of carbonyl (C=O) groups is 2. The fourth-order valence-electron chi connectivity index (χ4n) is 0.443. The largest absolute Gasteiger partial charge is 0.450 e. The maximum atomic E-state index is 10.5. The second-order valence-electron chi connectivity index (χ2n) is 1.89. The summed E-state index contributed by atoms with van der Waals surface area (Å²) in [6.45, 7) is 1.31. The van der Waals surface area contributed by atoms with Crippen LogP contribution in [0, 0.1) is 0 Å². The molecule has 0 rings (SSSR count). The minimum atomic E-state index is -0.419. The lowest BCUT2D eigenvalue weighted by molar-refractivity contribution is -0.144. The molecule has 0 aliphatic carbocycles. The average molecular weight is 145 g/mol. The zero-order valence-corrected chi connectivity index (χ0v) is 5.92. The number of ether oxygens (including phenoxy) is 1. The highest BCUT2D eigenvalue weighted by atomic mass is 16.5. The molecule has 0 saturated heterocycles. The number of hydrogen-bond acceptors (Lipinski definition) is 4. The smallest absolute Gasteiger partial charge is 0.307 e. The Hall–Kier alpha value is -0.900. The summed E-state index contributed by atoms with van der Waals surface area (Å²) in [5.41, 5.74) is 4.91. The van der Waals surface area contributed by atoms with Crippen molar-refractivity contribution in [3.63, 3.8) is 0 Å². The van der Waals surface area contributed by atoms with Crippen molar-refractivity contribution in [3.05, 3.63) is 0 Å². The van der Waals surface area contributed by atoms with Crippen LogP contribution in [0.25, 0.3) is 0 Å². The molecule has 0 atom stereocenters. The first-order valence-corrected chi connectivity index (χ1v) is 3.02. The van der Waals surface area contributed by atoms with Crippen LogP contribution in [0.1, 0.15) is 19.8 Å². The van der Waals surface area contributed by atoms with Crippen molar-refractivity contribution in [1.82, 2.24) is 0 Å². The van der Waals surface area contributed by atoms with Crippen LogP contribution in [0.4, 0.5) is 0 Å². The van der Waals surface area contributed by atoms with Crippen molar-refractivity contribution in [1.29, 1.82) is 0 Å². The molecular formula is C6H11NO3. The lowest BCUT2D eigenvalue weighted by Crippen LogP contribution is -2.12. The van der Waals surface area contributed by atoms with Gasteiger partial charge in [0.25, 0.3) is 0 Å². The summed E-state index contributed by atoms with van der Waals surface area (Å²) in [6.07, 6.45) is 0.366. The van der Waals surface area contributed by atoms with Gasteiger partial charge in [-0.2, -0.15) is 0 Å². The first kappa shape index (κ1) is 9.10. The number of Topliss-reactive ketones (excluding diaryl/α,β-unsaturated/α-hetero) is 1. The van der Waals surface area contributed by atoms with Gasteiger partial charge in [-0.05, 0) is 6.92 Å². The van der Waals surface area contributed by atoms with E-state index in [9.17, 15) is 9.59 Å². The van der Waals surface area contributed by atoms with Gasteiger partial charge >= 0.3 is 5.97 Å². The molecule has 0 unspecified atom stereocenters. The lowest BCUT2D eigenvalue weighted by Gasteiger charge is -1.97. The maximum absolute atomic E-state index is 10.5. The lowest BCUT2D eigenvalue weighted by atomic mass is 10.2. The number of carbonyl (C=O) groups excluding carboxylic acids is 2. The van der Waals surface area contributed by atoms with E-state index < -0.39 is 5.97 Å². The first-order chi connectivity index (χ1) is 4.66. The maximum Gasteiger partial charge on any atom is 0.307 e. The topological polar surface area (TPSA) is 69.4 Å². The Morgan fingerprint density at radius 1 is 1.40 bits per heavy atom. The molecule has 0 bridgehead atoms. The van der Waals surface area contributed by atoms with Crippen LogP contribution in [0.2, 0.25) is 0 Å². The van der Waals surface area contributed by atoms with Crippen molar-refractivity contribution < 1.29 is 14.3 Å². The van der Waals surface area contributed by atoms with E-state index >= 15 is 0 Å². The van der Waals surface area contributed by atoms with Gasteiger partial charge in [0.1, 0.15) is 12.5 Å². The van der Waals surface area contributed by atoms with E-state index in [1.807, 2.05) is 0 Å². The van der Waals surface area contributed by atoms with Gasteiger partial charge in [0.05, 0.1) is 6.42 Å². The highest BCUT2D eigenvalue weighted by Gasteiger charge is 2.02. The van der Waals surface area contributed by atoms with Crippen LogP contribution in [0.3, 0.4) is 0 Å². The minimum absolute atomic E-state index is 0.0195. The fourth-order valence-corrected chi connectivity index (χ4v) is 0.443. The predicted molar refractivity (Wildman–Crippen MR) is 35.1 cm³/mol. The summed E-state index contributed by atoms with van der Waals surface area (Å²) in [7, 11) is 0. The Labute approximate surface area is 59.3 Å². The van der Waals surface area contributed by atoms with E-state index in [1.54, 1.807) is 0 Å². The number of hydrogen-bond donors (Lipinski definition) is 1. The Morgan fingerprint density at radius 2 is 2.00 bits per heavy atom. The molecule has 4 nitrogen and oxygen atoms in total. The van der Waals surface area contributed by atoms with Gasteiger partial charge < -0.3 is 9.53 Å². The predicted octanol–water partition coefficient (Wildman–Crippen LogP) is -0.185. The number of esters is 1. The van der Waals surface area contributed by atoms with E-state index in [2.05, 4.69) is 4.74 Å². The van der Waals surface area contributed by atoms with Gasteiger partial charge in [-0.15, -0.1) is 0 Å². The summed E-state index contributed by atoms with van der Waals surface area (Å²) in [5, 5.41) is 0. The van der Waals surface area contributed by atoms with E-state index in [1.165, 1.54) is 6.92 Å². The van der Waals surface area contributed by atoms with Crippen LogP contribution in [-0.4, -0.2) is 18.5 Å². The molecule has 0 radical (unpaired) electrons. The third kappa shape index (κ3) is 5.24. The van der Waals surface area contributed by atoms with Crippen molar-refractivity contribution in [2.24, 2.45) is 5.73 Å². The monoisotopic (exact) mass is 145 g/mol. The van der Waals surface area contributed by atoms with Gasteiger partial charge in [-0.3, -0.25) is 10.5 Å². The molecule has 0 aliphatic rings. The number of nitrogens with two attached hydrogens (primary N) is 1. The molecule has 4 heteroatoms. The molecule has 0 spiro atoms. The van der Waals surface area contributed by atoms with Crippen molar-refractivity contribution in [2.75, 3.05) is 6.73 Å². The van der Waals surface area contributed by atoms with Crippen LogP contribution in [0.5, 0.6) is 0 Å². The normalized spacial score (nSPS) is 9.00. The third-order valence-electron chi connectivity index (χ3n) is 0.926. The van der Waals surface area contributed by atoms with Crippen molar-refractivity contribution in [2.45, 2.75) is 19.8 Å². The second-order valence-corrected chi connectivity index (χ2v) is 1.89. The van der Waals surface area contributed by atoms with Crippen LogP contribution < -0.4 is 5.73 Å². The highest BCUT2D eigenvalue weighted by molar-refractivity contribution is 5.80. The standard InChI is InChI=1S/C6H11NO3/c1-5(8)2-3-6(9)10-4-7/h2-4,7H2,1H3. The average Bonchev–Trinajstić information content (AvgIpc) is 1.85. The molecule has 10 heavy (non-hydrogen) atoms. The summed E-state index contributed by atoms with van der Waals surface area (Å²) in [6, 6.07) is 0. The Balaban J connectivity index is 3.30. The molecule has 0 aliphatic heterocycles. The van der Waals surface area contributed by atoms with Crippen LogP contribution in [-0.2, 0) is 14.3 Å². The van der Waals surface area contributed by atoms with E-state index in [-0.39, 0.29) is 25.4 Å². The molecule has 0 amide bonds. The SMILES string of the molecule is CC(=O)CCC(=O)OCN. The zero-order chi connectivity index (χ0) is 7.98. The molecule has 0 aromatic rings. The Kier molecular flexibility index (Phi) is 4.49. The zero-order valence-electron chi connectivity index (χ0n) is 5.92. The number of ketones is 1. The number of rotatable bonds is 4. The van der Waals surface area contributed by atoms with Gasteiger partial charge in [-0.1, -0.05) is 0 Å². The summed E-state index contributed by atoms with van der Waals surface area (Å²) in [5.74, 6) is -0.438. The van der Waals surface area contributed by atoms with E-state index in [0.717, 1.165) is 0 Å². The first-order valence-electron chi connectivity index (χ1n) is 3.02. The van der Waals surface area contributed by atoms with E-state index in [4.69, 9.17) is 5.73 Å². The molecule has 0 heterocycles. The van der Waals surface area contributed by atoms with Crippen LogP contribution >= 0.6 is 0 Å². The van der Waals surface area contributed by atoms with Crippen LogP contribution in [0.15, 0.2) is 0 Å². The molecule has 0 aromatic heterocycles. The molecule has 58 valence electrons. The van der Waals surface area contributed by atoms with Gasteiger partial charge in [-0.25, -0.2) is 0 Å². The molecule has 0 saturated carbocycles. The van der Waals surface area contributed by atoms with Crippen molar-refractivity contribution >= 4 is 11.8 Å². The van der Waals surface area contributed by atoms with Gasteiger partial charge in [0.2, 0.25) is 0 Å². The summed E-state index contributed by atoms with van der Waals surface area (Å²) < 4.78 is 4.38. The van der Waals surface area contributed by atoms with Gasteiger partial charge in [0.15, 0.2) is 0 Å². The minimum Gasteiger partial charge on any atom is -0.450 e. The van der Waals surface area contributed by atoms with Crippen molar-refractivity contribution in [3.8, 4) is 0 Å². The summed E-state index contributed by atoms with van der Waals surface area (Å²) >= 11 is 0. The molecule has 0 fully saturated rings.